The maximum Gasteiger partial charge on any atom is 0.280 e. The highest BCUT2D eigenvalue weighted by molar-refractivity contribution is 7.14. The lowest BCUT2D eigenvalue weighted by molar-refractivity contribution is 0.483. The molecule has 0 bridgehead atoms. The summed E-state index contributed by atoms with van der Waals surface area (Å²) in [5.41, 5.74) is 0.679. The van der Waals surface area contributed by atoms with Gasteiger partial charge in [-0.1, -0.05) is 34.5 Å². The molecule has 0 fully saturated rings. The van der Waals surface area contributed by atoms with Crippen LogP contribution in [0.1, 0.15) is 4.88 Å². The summed E-state index contributed by atoms with van der Waals surface area (Å²) in [6.07, 6.45) is 1.69. The van der Waals surface area contributed by atoms with Gasteiger partial charge >= 0.3 is 0 Å². The molecule has 0 unspecified atom stereocenters. The van der Waals surface area contributed by atoms with Crippen LogP contribution in [0.25, 0.3) is 10.9 Å². The van der Waals surface area contributed by atoms with E-state index < -0.39 is 0 Å². The van der Waals surface area contributed by atoms with Crippen molar-refractivity contribution in [3.63, 3.8) is 0 Å². The summed E-state index contributed by atoms with van der Waals surface area (Å²) < 4.78 is 5.75. The van der Waals surface area contributed by atoms with Crippen LogP contribution >= 0.6 is 46.1 Å². The van der Waals surface area contributed by atoms with Crippen molar-refractivity contribution in [3.05, 3.63) is 45.5 Å². The van der Waals surface area contributed by atoms with Gasteiger partial charge in [-0.15, -0.1) is 11.6 Å². The number of nitrogens with zero attached hydrogens (tertiary/aromatic N) is 2. The molecule has 0 N–H and O–H groups in total. The first-order valence-electron chi connectivity index (χ1n) is 5.61. The van der Waals surface area contributed by atoms with Crippen molar-refractivity contribution in [2.24, 2.45) is 0 Å². The predicted molar refractivity (Wildman–Crippen MR) is 83.5 cm³/mol. The summed E-state index contributed by atoms with van der Waals surface area (Å²) >= 11 is 19.2. The SMILES string of the molecule is ClCc1sc(Oc2ccc(Cl)c3cccnc23)nc1Cl. The summed E-state index contributed by atoms with van der Waals surface area (Å²) in [6.45, 7) is 0. The number of fused-ring (bicyclic) bond motifs is 1. The molecule has 0 saturated heterocycles. The zero-order valence-electron chi connectivity index (χ0n) is 9.94. The average molecular weight is 346 g/mol. The molecule has 0 spiro atoms. The molecule has 3 rings (SSSR count). The van der Waals surface area contributed by atoms with Crippen LogP contribution in [0.15, 0.2) is 30.5 Å². The largest absolute Gasteiger partial charge is 0.429 e. The molecule has 3 nitrogen and oxygen atoms in total. The number of alkyl halides is 1. The Morgan fingerprint density at radius 1 is 1.20 bits per heavy atom. The van der Waals surface area contributed by atoms with E-state index in [2.05, 4.69) is 9.97 Å². The van der Waals surface area contributed by atoms with Crippen molar-refractivity contribution in [1.29, 1.82) is 0 Å². The van der Waals surface area contributed by atoms with E-state index in [1.807, 2.05) is 12.1 Å². The highest BCUT2D eigenvalue weighted by Crippen LogP contribution is 2.36. The van der Waals surface area contributed by atoms with Gasteiger partial charge in [0, 0.05) is 11.6 Å². The Hall–Kier alpha value is -1.07. The molecular weight excluding hydrogens is 339 g/mol. The van der Waals surface area contributed by atoms with Crippen molar-refractivity contribution in [2.75, 3.05) is 0 Å². The molecule has 3 aromatic rings. The third kappa shape index (κ3) is 2.56. The number of hydrogen-bond donors (Lipinski definition) is 0. The standard InChI is InChI=1S/C13H7Cl3N2OS/c14-6-10-12(16)18-13(20-10)19-9-4-3-8(15)7-2-1-5-17-11(7)9/h1-5H,6H2. The number of benzene rings is 1. The molecule has 1 aromatic carbocycles. The molecule has 2 heterocycles. The average Bonchev–Trinajstić information content (AvgIpc) is 2.82. The number of aromatic nitrogens is 2. The topological polar surface area (TPSA) is 35.0 Å². The predicted octanol–water partition coefficient (Wildman–Crippen LogP) is 5.53. The number of thiazole rings is 1. The van der Waals surface area contributed by atoms with E-state index in [-0.39, 0.29) is 0 Å². The fraction of sp³-hybridized carbons (Fsp3) is 0.0769. The molecule has 0 atom stereocenters. The van der Waals surface area contributed by atoms with E-state index in [9.17, 15) is 0 Å². The molecule has 0 radical (unpaired) electrons. The second kappa shape index (κ2) is 5.74. The number of halogens is 3. The summed E-state index contributed by atoms with van der Waals surface area (Å²) in [5, 5.41) is 2.25. The van der Waals surface area contributed by atoms with Gasteiger partial charge in [0.25, 0.3) is 5.19 Å². The normalized spacial score (nSPS) is 10.9. The Bertz CT molecular complexity index is 775. The number of rotatable bonds is 3. The number of ether oxygens (including phenoxy) is 1. The Morgan fingerprint density at radius 3 is 2.80 bits per heavy atom. The summed E-state index contributed by atoms with van der Waals surface area (Å²) in [7, 11) is 0. The monoisotopic (exact) mass is 344 g/mol. The molecule has 7 heteroatoms. The lowest BCUT2D eigenvalue weighted by Crippen LogP contribution is -1.87. The highest BCUT2D eigenvalue weighted by Gasteiger charge is 2.13. The van der Waals surface area contributed by atoms with Gasteiger partial charge in [-0.2, -0.15) is 4.98 Å². The van der Waals surface area contributed by atoms with Crippen LogP contribution in [0.2, 0.25) is 10.2 Å². The molecule has 0 amide bonds. The van der Waals surface area contributed by atoms with Gasteiger partial charge < -0.3 is 4.74 Å². The van der Waals surface area contributed by atoms with E-state index in [1.165, 1.54) is 11.3 Å². The second-order valence-electron chi connectivity index (χ2n) is 3.87. The van der Waals surface area contributed by atoms with Gasteiger partial charge in [-0.25, -0.2) is 0 Å². The van der Waals surface area contributed by atoms with Crippen molar-refractivity contribution in [2.45, 2.75) is 5.88 Å². The highest BCUT2D eigenvalue weighted by atomic mass is 35.5. The fourth-order valence-electron chi connectivity index (χ4n) is 1.73. The zero-order chi connectivity index (χ0) is 14.1. The van der Waals surface area contributed by atoms with Crippen LogP contribution in [-0.4, -0.2) is 9.97 Å². The molecule has 0 aliphatic heterocycles. The van der Waals surface area contributed by atoms with Crippen molar-refractivity contribution in [1.82, 2.24) is 9.97 Å². The molecule has 0 saturated carbocycles. The van der Waals surface area contributed by atoms with Gasteiger partial charge in [-0.05, 0) is 24.3 Å². The first-order valence-corrected chi connectivity index (χ1v) is 7.72. The first kappa shape index (κ1) is 13.9. The summed E-state index contributed by atoms with van der Waals surface area (Å²) in [6, 6.07) is 7.23. The van der Waals surface area contributed by atoms with E-state index >= 15 is 0 Å². The van der Waals surface area contributed by atoms with Crippen LogP contribution in [0, 0.1) is 0 Å². The first-order chi connectivity index (χ1) is 9.69. The quantitative estimate of drug-likeness (QED) is 0.585. The summed E-state index contributed by atoms with van der Waals surface area (Å²) in [5.74, 6) is 0.885. The molecule has 20 heavy (non-hydrogen) atoms. The van der Waals surface area contributed by atoms with Crippen LogP contribution < -0.4 is 4.74 Å². The van der Waals surface area contributed by atoms with E-state index in [1.54, 1.807) is 18.3 Å². The second-order valence-corrected chi connectivity index (χ2v) is 5.95. The third-order valence-electron chi connectivity index (χ3n) is 2.63. The van der Waals surface area contributed by atoms with Crippen molar-refractivity contribution in [3.8, 4) is 10.9 Å². The fourth-order valence-corrected chi connectivity index (χ4v) is 3.27. The maximum atomic E-state index is 6.14. The van der Waals surface area contributed by atoms with E-state index in [4.69, 9.17) is 39.5 Å². The molecule has 0 aliphatic carbocycles. The van der Waals surface area contributed by atoms with Gasteiger partial charge in [0.15, 0.2) is 5.75 Å². The van der Waals surface area contributed by atoms with Gasteiger partial charge in [0.2, 0.25) is 0 Å². The minimum absolute atomic E-state index is 0.305. The Labute approximate surface area is 134 Å². The van der Waals surface area contributed by atoms with E-state index in [0.717, 1.165) is 10.3 Å². The lowest BCUT2D eigenvalue weighted by atomic mass is 10.2. The van der Waals surface area contributed by atoms with E-state index in [0.29, 0.717) is 32.5 Å². The van der Waals surface area contributed by atoms with Crippen LogP contribution in [0.5, 0.6) is 10.9 Å². The Morgan fingerprint density at radius 2 is 2.05 bits per heavy atom. The molecule has 0 aliphatic rings. The van der Waals surface area contributed by atoms with Gasteiger partial charge in [0.1, 0.15) is 10.7 Å². The lowest BCUT2D eigenvalue weighted by Gasteiger charge is -2.06. The van der Waals surface area contributed by atoms with Gasteiger partial charge in [0.05, 0.1) is 15.8 Å². The van der Waals surface area contributed by atoms with Crippen LogP contribution in [0.3, 0.4) is 0 Å². The minimum Gasteiger partial charge on any atom is -0.429 e. The molecular formula is C13H7Cl3N2OS. The minimum atomic E-state index is 0.305. The van der Waals surface area contributed by atoms with Crippen LogP contribution in [0.4, 0.5) is 0 Å². The van der Waals surface area contributed by atoms with Crippen LogP contribution in [-0.2, 0) is 5.88 Å². The summed E-state index contributed by atoms with van der Waals surface area (Å²) in [4.78, 5) is 9.19. The van der Waals surface area contributed by atoms with Crippen molar-refractivity contribution < 1.29 is 4.74 Å². The Kier molecular flexibility index (Phi) is 3.98. The van der Waals surface area contributed by atoms with Crippen molar-refractivity contribution >= 4 is 57.0 Å². The Balaban J connectivity index is 2.04. The molecule has 2 aromatic heterocycles. The number of pyridine rings is 1. The molecule has 102 valence electrons. The number of hydrogen-bond acceptors (Lipinski definition) is 4. The smallest absolute Gasteiger partial charge is 0.280 e. The third-order valence-corrected chi connectivity index (χ3v) is 4.74. The van der Waals surface area contributed by atoms with Gasteiger partial charge in [-0.3, -0.25) is 4.98 Å². The zero-order valence-corrected chi connectivity index (χ0v) is 13.0. The maximum absolute atomic E-state index is 6.14.